The van der Waals surface area contributed by atoms with Gasteiger partial charge in [-0.2, -0.15) is 0 Å². The van der Waals surface area contributed by atoms with Gasteiger partial charge in [0.2, 0.25) is 0 Å². The van der Waals surface area contributed by atoms with Crippen LogP contribution in [0.1, 0.15) is 0 Å². The summed E-state index contributed by atoms with van der Waals surface area (Å²) in [5.74, 6) is 0. The first kappa shape index (κ1) is 48.6. The molecule has 392 valence electrons. The number of imidazole rings is 2. The number of nitrogens with zero attached hydrogens (tertiary/aromatic N) is 4. The van der Waals surface area contributed by atoms with Crippen molar-refractivity contribution >= 4 is 76.5 Å². The van der Waals surface area contributed by atoms with E-state index >= 15 is 0 Å². The van der Waals surface area contributed by atoms with Crippen molar-refractivity contribution in [2.45, 2.75) is 0 Å². The third kappa shape index (κ3) is 7.73. The van der Waals surface area contributed by atoms with Crippen molar-refractivity contribution in [1.29, 1.82) is 0 Å². The van der Waals surface area contributed by atoms with Gasteiger partial charge in [-0.05, 0) is 114 Å². The van der Waals surface area contributed by atoms with Gasteiger partial charge in [-0.3, -0.25) is 18.4 Å². The fourth-order valence-electron chi connectivity index (χ4n) is 13.0. The Balaban J connectivity index is 0.000000139. The monoisotopic (exact) mass is 1070 g/mol. The van der Waals surface area contributed by atoms with Crippen LogP contribution in [-0.4, -0.2) is 18.8 Å². The number of rotatable bonds is 7. The predicted octanol–water partition coefficient (Wildman–Crippen LogP) is 18.9. The third-order valence-electron chi connectivity index (χ3n) is 16.7. The molecule has 13 aromatic carbocycles. The Hall–Kier alpha value is -11.3. The average Bonchev–Trinajstić information content (AvgIpc) is 2.39. The number of hydrogen-bond donors (Lipinski definition) is 0. The van der Waals surface area contributed by atoms with Crippen molar-refractivity contribution < 1.29 is 0 Å². The quantitative estimate of drug-likeness (QED) is 0.159. The predicted molar refractivity (Wildman–Crippen MR) is 348 cm³/mol. The van der Waals surface area contributed by atoms with E-state index in [4.69, 9.17) is 9.97 Å². The van der Waals surface area contributed by atoms with Gasteiger partial charge >= 0.3 is 0 Å². The van der Waals surface area contributed by atoms with Gasteiger partial charge in [-0.15, -0.1) is 0 Å². The van der Waals surface area contributed by atoms with E-state index in [9.17, 15) is 9.59 Å². The summed E-state index contributed by atoms with van der Waals surface area (Å²) >= 11 is 0. The van der Waals surface area contributed by atoms with Gasteiger partial charge in [0.15, 0.2) is 0 Å². The maximum Gasteiger partial charge on any atom is 0.264 e. The van der Waals surface area contributed by atoms with Gasteiger partial charge in [0.1, 0.15) is 11.3 Å². The molecule has 0 amide bonds. The molecule has 0 spiro atoms. The Morgan fingerprint density at radius 2 is 0.631 bits per heavy atom. The Bertz CT molecular complexity index is 5480. The van der Waals surface area contributed by atoms with Crippen LogP contribution in [0.3, 0.4) is 0 Å². The van der Waals surface area contributed by atoms with Crippen molar-refractivity contribution in [1.82, 2.24) is 18.8 Å². The molecule has 0 aliphatic heterocycles. The zero-order valence-electron chi connectivity index (χ0n) is 45.3. The number of pyridine rings is 2. The van der Waals surface area contributed by atoms with E-state index < -0.39 is 0 Å². The van der Waals surface area contributed by atoms with Crippen LogP contribution in [0.4, 0.5) is 0 Å². The fraction of sp³-hybridized carbons (Fsp3) is 0. The molecule has 17 rings (SSSR count). The van der Waals surface area contributed by atoms with Crippen LogP contribution in [0.5, 0.6) is 0 Å². The maximum absolute atomic E-state index is 14.8. The first-order valence-electron chi connectivity index (χ1n) is 28.3. The molecule has 0 bridgehead atoms. The van der Waals surface area contributed by atoms with E-state index in [1.165, 1.54) is 0 Å². The summed E-state index contributed by atoms with van der Waals surface area (Å²) in [6, 6.07) is 99.8. The Morgan fingerprint density at radius 1 is 0.262 bits per heavy atom. The molecule has 0 atom stereocenters. The van der Waals surface area contributed by atoms with E-state index in [0.29, 0.717) is 22.1 Å². The van der Waals surface area contributed by atoms with E-state index in [2.05, 4.69) is 206 Å². The molecule has 84 heavy (non-hydrogen) atoms. The van der Waals surface area contributed by atoms with Gasteiger partial charge < -0.3 is 0 Å². The van der Waals surface area contributed by atoms with Gasteiger partial charge in [-0.25, -0.2) is 9.97 Å². The van der Waals surface area contributed by atoms with Crippen LogP contribution in [0, 0.1) is 0 Å². The number of fused-ring (bicyclic) bond motifs is 8. The molecule has 0 radical (unpaired) electrons. The third-order valence-corrected chi connectivity index (χ3v) is 16.7. The van der Waals surface area contributed by atoms with Crippen molar-refractivity contribution in [3.05, 3.63) is 312 Å². The molecule has 6 heteroatoms. The molecule has 4 heterocycles. The van der Waals surface area contributed by atoms with Crippen molar-refractivity contribution in [3.63, 3.8) is 0 Å². The molecule has 0 aliphatic carbocycles. The Kier molecular flexibility index (Phi) is 11.4. The first-order valence-corrected chi connectivity index (χ1v) is 28.3. The lowest BCUT2D eigenvalue weighted by Gasteiger charge is -2.16. The second kappa shape index (κ2) is 19.7. The van der Waals surface area contributed by atoms with Crippen LogP contribution < -0.4 is 11.1 Å². The number of hydrogen-bond acceptors (Lipinski definition) is 4. The summed E-state index contributed by atoms with van der Waals surface area (Å²) < 4.78 is 3.67. The summed E-state index contributed by atoms with van der Waals surface area (Å²) in [6.45, 7) is 0. The second-order valence-corrected chi connectivity index (χ2v) is 21.4. The molecule has 4 aromatic heterocycles. The highest BCUT2D eigenvalue weighted by Gasteiger charge is 2.26. The lowest BCUT2D eigenvalue weighted by Crippen LogP contribution is -2.14. The minimum Gasteiger partial charge on any atom is -0.268 e. The highest BCUT2D eigenvalue weighted by atomic mass is 16.1. The molecule has 0 fully saturated rings. The number of benzene rings is 13. The molecule has 6 nitrogen and oxygen atoms in total. The van der Waals surface area contributed by atoms with Gasteiger partial charge in [-0.1, -0.05) is 255 Å². The lowest BCUT2D eigenvalue weighted by atomic mass is 9.89. The molecule has 0 saturated carbocycles. The summed E-state index contributed by atoms with van der Waals surface area (Å²) in [6.07, 6.45) is 0. The summed E-state index contributed by atoms with van der Waals surface area (Å²) in [5.41, 5.74) is 19.7. The Morgan fingerprint density at radius 3 is 1.14 bits per heavy atom. The van der Waals surface area contributed by atoms with Crippen molar-refractivity contribution in [3.8, 4) is 77.9 Å². The highest BCUT2D eigenvalue weighted by molar-refractivity contribution is 6.22. The Labute approximate surface area is 482 Å². The minimum atomic E-state index is -0.0581. The molecule has 0 aliphatic rings. The molecule has 0 N–H and O–H groups in total. The normalized spacial score (nSPS) is 11.7. The van der Waals surface area contributed by atoms with E-state index in [-0.39, 0.29) is 11.1 Å². The fourth-order valence-corrected chi connectivity index (χ4v) is 13.0. The smallest absolute Gasteiger partial charge is 0.264 e. The first-order chi connectivity index (χ1) is 41.6. The number of aromatic nitrogens is 4. The van der Waals surface area contributed by atoms with Gasteiger partial charge in [0.05, 0.1) is 22.1 Å². The van der Waals surface area contributed by atoms with Crippen LogP contribution in [0.2, 0.25) is 0 Å². The zero-order chi connectivity index (χ0) is 55.8. The topological polar surface area (TPSA) is 68.7 Å². The molecular weight excluding hydrogens is 1020 g/mol. The standard InChI is InChI=1S/C42H26N2O.C36H22N2O/c45-42-34-25-24-31(27-14-5-1-6-15-27)32-22-13-23-33(38(32)34)41-43-39-36(29-18-9-3-10-19-29)26-35(28-16-7-2-8-17-28)37(40(39)44(41)42)30-20-11-4-12-21-30;39-36-29-18-10-17-27-26(23-11-4-1-5-12-23)19-20-28(34(27)29)35-37-32-21-30(24-13-6-2-7-14-24)31(22-33(32)38(35)36)25-15-8-3-9-16-25/h1-26H;1-22H. The molecule has 17 aromatic rings. The maximum atomic E-state index is 14.8. The highest BCUT2D eigenvalue weighted by Crippen LogP contribution is 2.46. The average molecular weight is 1070 g/mol. The van der Waals surface area contributed by atoms with E-state index in [0.717, 1.165) is 132 Å². The van der Waals surface area contributed by atoms with Crippen LogP contribution in [0.15, 0.2) is 301 Å². The molecular formula is C78H48N4O2. The van der Waals surface area contributed by atoms with Crippen LogP contribution in [0.25, 0.3) is 154 Å². The molecule has 0 saturated heterocycles. The second-order valence-electron chi connectivity index (χ2n) is 21.4. The largest absolute Gasteiger partial charge is 0.268 e. The minimum absolute atomic E-state index is 0.0396. The zero-order valence-corrected chi connectivity index (χ0v) is 45.3. The molecule has 0 unspecified atom stereocenters. The van der Waals surface area contributed by atoms with Gasteiger partial charge in [0, 0.05) is 43.4 Å². The van der Waals surface area contributed by atoms with Crippen molar-refractivity contribution in [2.24, 2.45) is 0 Å². The lowest BCUT2D eigenvalue weighted by molar-refractivity contribution is 1.19. The van der Waals surface area contributed by atoms with E-state index in [1.54, 1.807) is 4.40 Å². The van der Waals surface area contributed by atoms with Crippen molar-refractivity contribution in [2.75, 3.05) is 0 Å². The van der Waals surface area contributed by atoms with E-state index in [1.807, 2.05) is 89.3 Å². The SMILES string of the molecule is O=c1c2ccc(-c3ccccc3)c3cccc(c32)c2nc3c(-c4ccccc4)cc(-c4ccccc4)c(-c4ccccc4)c3n12.O=c1c2cccc3c(-c4ccccc4)ccc(c32)c2nc3cc(-c4ccccc4)c(-c4ccccc4)cc3n12. The van der Waals surface area contributed by atoms with Crippen LogP contribution >= 0.6 is 0 Å². The van der Waals surface area contributed by atoms with Gasteiger partial charge in [0.25, 0.3) is 11.1 Å². The van der Waals surface area contributed by atoms with Crippen LogP contribution in [-0.2, 0) is 0 Å². The summed E-state index contributed by atoms with van der Waals surface area (Å²) in [5, 5.41) is 7.40. The summed E-state index contributed by atoms with van der Waals surface area (Å²) in [4.78, 5) is 39.4. The summed E-state index contributed by atoms with van der Waals surface area (Å²) in [7, 11) is 0.